The summed E-state index contributed by atoms with van der Waals surface area (Å²) in [4.78, 5) is 27.5. The highest BCUT2D eigenvalue weighted by molar-refractivity contribution is 5.97. The van der Waals surface area contributed by atoms with E-state index in [1.165, 1.54) is 21.9 Å². The molecule has 0 radical (unpaired) electrons. The molecule has 0 bridgehead atoms. The number of hydrogen-bond donors (Lipinski definition) is 1. The van der Waals surface area contributed by atoms with Crippen molar-refractivity contribution in [3.63, 3.8) is 0 Å². The lowest BCUT2D eigenvalue weighted by Gasteiger charge is -2.20. The molecule has 0 aliphatic rings. The summed E-state index contributed by atoms with van der Waals surface area (Å²) in [7, 11) is 4.93. The number of aryl methyl sites for hydroxylation is 1. The SMILES string of the molecule is Cc1ccc(C(=O)N(C)C)cc1NC(=O)N(C)Cc1ccc(OC(F)F)cc1. The largest absolute Gasteiger partial charge is 0.435 e. The topological polar surface area (TPSA) is 61.9 Å². The summed E-state index contributed by atoms with van der Waals surface area (Å²) in [5.74, 6) is -0.0983. The normalized spacial score (nSPS) is 10.5. The van der Waals surface area contributed by atoms with Crippen molar-refractivity contribution in [2.45, 2.75) is 20.1 Å². The van der Waals surface area contributed by atoms with Gasteiger partial charge in [0.2, 0.25) is 0 Å². The number of halogens is 2. The summed E-state index contributed by atoms with van der Waals surface area (Å²) in [6, 6.07) is 10.8. The second kappa shape index (κ2) is 9.16. The number of alkyl halides is 2. The van der Waals surface area contributed by atoms with Gasteiger partial charge in [0, 0.05) is 38.9 Å². The Morgan fingerprint density at radius 3 is 2.29 bits per heavy atom. The minimum absolute atomic E-state index is 0.0591. The van der Waals surface area contributed by atoms with E-state index in [0.29, 0.717) is 11.3 Å². The molecular formula is C20H23F2N3O3. The van der Waals surface area contributed by atoms with Gasteiger partial charge in [0.05, 0.1) is 0 Å². The van der Waals surface area contributed by atoms with E-state index in [-0.39, 0.29) is 24.2 Å². The van der Waals surface area contributed by atoms with Crippen molar-refractivity contribution >= 4 is 17.6 Å². The lowest BCUT2D eigenvalue weighted by Crippen LogP contribution is -2.31. The maximum Gasteiger partial charge on any atom is 0.387 e. The van der Waals surface area contributed by atoms with E-state index in [2.05, 4.69) is 10.1 Å². The van der Waals surface area contributed by atoms with Gasteiger partial charge in [0.15, 0.2) is 0 Å². The van der Waals surface area contributed by atoms with Crippen LogP contribution in [0.5, 0.6) is 5.75 Å². The number of anilines is 1. The summed E-state index contributed by atoms with van der Waals surface area (Å²) in [5.41, 5.74) is 2.60. The fraction of sp³-hybridized carbons (Fsp3) is 0.300. The molecule has 2 rings (SSSR count). The fourth-order valence-corrected chi connectivity index (χ4v) is 2.48. The zero-order valence-corrected chi connectivity index (χ0v) is 16.2. The number of carbonyl (C=O) groups is 2. The predicted octanol–water partition coefficient (Wildman–Crippen LogP) is 3.96. The first-order valence-corrected chi connectivity index (χ1v) is 8.55. The molecule has 0 heterocycles. The molecule has 8 heteroatoms. The van der Waals surface area contributed by atoms with E-state index >= 15 is 0 Å². The highest BCUT2D eigenvalue weighted by Crippen LogP contribution is 2.19. The molecular weight excluding hydrogens is 368 g/mol. The highest BCUT2D eigenvalue weighted by atomic mass is 19.3. The Morgan fingerprint density at radius 2 is 1.71 bits per heavy atom. The van der Waals surface area contributed by atoms with E-state index in [9.17, 15) is 18.4 Å². The van der Waals surface area contributed by atoms with Crippen LogP contribution >= 0.6 is 0 Å². The Kier molecular flexibility index (Phi) is 6.92. The molecule has 0 aliphatic heterocycles. The number of amides is 3. The Morgan fingerprint density at radius 1 is 1.07 bits per heavy atom. The molecule has 0 aliphatic carbocycles. The van der Waals surface area contributed by atoms with E-state index in [0.717, 1.165) is 11.1 Å². The van der Waals surface area contributed by atoms with Crippen LogP contribution in [0.3, 0.4) is 0 Å². The lowest BCUT2D eigenvalue weighted by atomic mass is 10.1. The van der Waals surface area contributed by atoms with Crippen LogP contribution in [0.1, 0.15) is 21.5 Å². The van der Waals surface area contributed by atoms with Crippen molar-refractivity contribution in [1.82, 2.24) is 9.80 Å². The first-order chi connectivity index (χ1) is 13.2. The van der Waals surface area contributed by atoms with Gasteiger partial charge in [0.1, 0.15) is 5.75 Å². The van der Waals surface area contributed by atoms with Crippen molar-refractivity contribution in [2.24, 2.45) is 0 Å². The zero-order valence-electron chi connectivity index (χ0n) is 16.2. The molecule has 0 saturated heterocycles. The number of nitrogens with zero attached hydrogens (tertiary/aromatic N) is 2. The van der Waals surface area contributed by atoms with Crippen LogP contribution < -0.4 is 10.1 Å². The molecule has 3 amide bonds. The lowest BCUT2D eigenvalue weighted by molar-refractivity contribution is -0.0498. The number of hydrogen-bond acceptors (Lipinski definition) is 3. The van der Waals surface area contributed by atoms with Crippen LogP contribution in [0.2, 0.25) is 0 Å². The molecule has 1 N–H and O–H groups in total. The average molecular weight is 391 g/mol. The second-order valence-corrected chi connectivity index (χ2v) is 6.54. The van der Waals surface area contributed by atoms with Crippen molar-refractivity contribution in [2.75, 3.05) is 26.5 Å². The molecule has 0 unspecified atom stereocenters. The van der Waals surface area contributed by atoms with Gasteiger partial charge in [-0.25, -0.2) is 4.79 Å². The van der Waals surface area contributed by atoms with Gasteiger partial charge < -0.3 is 19.9 Å². The van der Waals surface area contributed by atoms with Gasteiger partial charge in [-0.3, -0.25) is 4.79 Å². The Bertz CT molecular complexity index is 839. The van der Waals surface area contributed by atoms with Crippen molar-refractivity contribution in [3.05, 3.63) is 59.2 Å². The summed E-state index contributed by atoms with van der Waals surface area (Å²) < 4.78 is 28.7. The second-order valence-electron chi connectivity index (χ2n) is 6.54. The first-order valence-electron chi connectivity index (χ1n) is 8.55. The van der Waals surface area contributed by atoms with E-state index in [4.69, 9.17) is 0 Å². The third-order valence-corrected chi connectivity index (χ3v) is 4.05. The summed E-state index contributed by atoms with van der Waals surface area (Å²) >= 11 is 0. The summed E-state index contributed by atoms with van der Waals surface area (Å²) in [5, 5.41) is 2.79. The van der Waals surface area contributed by atoms with Crippen LogP contribution in [-0.2, 0) is 6.54 Å². The number of nitrogens with one attached hydrogen (secondary N) is 1. The molecule has 0 spiro atoms. The smallest absolute Gasteiger partial charge is 0.387 e. The summed E-state index contributed by atoms with van der Waals surface area (Å²) in [6.07, 6.45) is 0. The number of benzene rings is 2. The maximum absolute atomic E-state index is 12.5. The molecule has 6 nitrogen and oxygen atoms in total. The Hall–Kier alpha value is -3.16. The molecule has 0 fully saturated rings. The number of rotatable bonds is 6. The number of ether oxygens (including phenoxy) is 1. The molecule has 2 aromatic carbocycles. The Balaban J connectivity index is 2.04. The molecule has 28 heavy (non-hydrogen) atoms. The van der Waals surface area contributed by atoms with E-state index in [1.54, 1.807) is 51.5 Å². The van der Waals surface area contributed by atoms with Gasteiger partial charge in [-0.15, -0.1) is 0 Å². The quantitative estimate of drug-likeness (QED) is 0.811. The van der Waals surface area contributed by atoms with Crippen molar-refractivity contribution in [1.29, 1.82) is 0 Å². The highest BCUT2D eigenvalue weighted by Gasteiger charge is 2.14. The van der Waals surface area contributed by atoms with Crippen LogP contribution in [0, 0.1) is 6.92 Å². The monoisotopic (exact) mass is 391 g/mol. The minimum Gasteiger partial charge on any atom is -0.435 e. The predicted molar refractivity (Wildman–Crippen MR) is 103 cm³/mol. The fourth-order valence-electron chi connectivity index (χ4n) is 2.48. The molecule has 0 atom stereocenters. The van der Waals surface area contributed by atoms with Crippen molar-refractivity contribution in [3.8, 4) is 5.75 Å². The maximum atomic E-state index is 12.5. The zero-order chi connectivity index (χ0) is 20.8. The van der Waals surface area contributed by atoms with Crippen LogP contribution in [0.15, 0.2) is 42.5 Å². The van der Waals surface area contributed by atoms with Crippen LogP contribution in [0.4, 0.5) is 19.3 Å². The van der Waals surface area contributed by atoms with Gasteiger partial charge >= 0.3 is 12.6 Å². The minimum atomic E-state index is -2.88. The Labute approximate surface area is 162 Å². The molecule has 2 aromatic rings. The van der Waals surface area contributed by atoms with Gasteiger partial charge in [-0.2, -0.15) is 8.78 Å². The molecule has 0 saturated carbocycles. The molecule has 150 valence electrons. The molecule has 0 aromatic heterocycles. The van der Waals surface area contributed by atoms with E-state index < -0.39 is 6.61 Å². The van der Waals surface area contributed by atoms with Gasteiger partial charge in [-0.1, -0.05) is 18.2 Å². The summed E-state index contributed by atoms with van der Waals surface area (Å²) in [6.45, 7) is -0.769. The van der Waals surface area contributed by atoms with Gasteiger partial charge in [-0.05, 0) is 42.3 Å². The average Bonchev–Trinajstić information content (AvgIpc) is 2.63. The van der Waals surface area contributed by atoms with Gasteiger partial charge in [0.25, 0.3) is 5.91 Å². The standard InChI is InChI=1S/C20H23F2N3O3/c1-13-5-8-15(18(26)24(2)3)11-17(13)23-20(27)25(4)12-14-6-9-16(10-7-14)28-19(21)22/h5-11,19H,12H2,1-4H3,(H,23,27). The first kappa shape index (κ1) is 21.1. The number of urea groups is 1. The third kappa shape index (κ3) is 5.67. The van der Waals surface area contributed by atoms with E-state index in [1.807, 2.05) is 6.92 Å². The third-order valence-electron chi connectivity index (χ3n) is 4.05. The van der Waals surface area contributed by atoms with Crippen molar-refractivity contribution < 1.29 is 23.1 Å². The van der Waals surface area contributed by atoms with Crippen LogP contribution in [-0.4, -0.2) is 49.5 Å². The van der Waals surface area contributed by atoms with Crippen LogP contribution in [0.25, 0.3) is 0 Å². The number of carbonyl (C=O) groups excluding carboxylic acids is 2.